The molecule has 1 rings (SSSR count). The maximum Gasteiger partial charge on any atom is 0.243 e. The van der Waals surface area contributed by atoms with Crippen LogP contribution in [0.2, 0.25) is 0 Å². The first-order valence-electron chi connectivity index (χ1n) is 4.26. The van der Waals surface area contributed by atoms with Crippen LogP contribution in [-0.2, 0) is 7.05 Å². The molecule has 0 bridgehead atoms. The van der Waals surface area contributed by atoms with Crippen LogP contribution in [0.4, 0.5) is 0 Å². The van der Waals surface area contributed by atoms with Crippen LogP contribution in [0.25, 0.3) is 0 Å². The van der Waals surface area contributed by atoms with Gasteiger partial charge in [0.05, 0.1) is 13.1 Å². The zero-order valence-corrected chi connectivity index (χ0v) is 7.62. The first-order chi connectivity index (χ1) is 5.24. The number of imidazole rings is 1. The summed E-state index contributed by atoms with van der Waals surface area (Å²) in [5, 5.41) is 0. The number of hydrogen-bond donors (Lipinski definition) is 0. The van der Waals surface area contributed by atoms with Gasteiger partial charge in [-0.25, -0.2) is 9.13 Å². The van der Waals surface area contributed by atoms with Gasteiger partial charge in [0.25, 0.3) is 0 Å². The number of aromatic nitrogens is 2. The minimum atomic E-state index is 0.640. The molecule has 1 unspecified atom stereocenters. The molecule has 2 heteroatoms. The molecule has 0 spiro atoms. The molecule has 2 nitrogen and oxygen atoms in total. The Bertz CT molecular complexity index is 215. The molecule has 1 aromatic rings. The van der Waals surface area contributed by atoms with E-state index in [1.54, 1.807) is 0 Å². The highest BCUT2D eigenvalue weighted by atomic mass is 15.1. The average molecular weight is 153 g/mol. The minimum Gasteiger partial charge on any atom is -0.240 e. The van der Waals surface area contributed by atoms with Crippen molar-refractivity contribution in [2.24, 2.45) is 7.05 Å². The van der Waals surface area contributed by atoms with E-state index in [0.717, 1.165) is 0 Å². The summed E-state index contributed by atoms with van der Waals surface area (Å²) < 4.78 is 4.33. The third kappa shape index (κ3) is 2.07. The molecule has 62 valence electrons. The fraction of sp³-hybridized carbons (Fsp3) is 0.667. The normalized spacial score (nSPS) is 13.4. The Kier molecular flexibility index (Phi) is 2.69. The van der Waals surface area contributed by atoms with Gasteiger partial charge >= 0.3 is 0 Å². The monoisotopic (exact) mass is 153 g/mol. The standard InChI is InChI=1S/C9H17N2/c1-4-5-9(2)11-7-6-10(3)8-11/h6-9H,4-5H2,1-3H3/q+1. The summed E-state index contributed by atoms with van der Waals surface area (Å²) >= 11 is 0. The summed E-state index contributed by atoms with van der Waals surface area (Å²) in [5.74, 6) is 0. The van der Waals surface area contributed by atoms with Gasteiger partial charge in [-0.05, 0) is 13.3 Å². The second-order valence-electron chi connectivity index (χ2n) is 3.16. The second-order valence-corrected chi connectivity index (χ2v) is 3.16. The fourth-order valence-electron chi connectivity index (χ4n) is 1.30. The highest BCUT2D eigenvalue weighted by molar-refractivity contribution is 4.71. The van der Waals surface area contributed by atoms with Crippen molar-refractivity contribution in [2.75, 3.05) is 0 Å². The highest BCUT2D eigenvalue weighted by Gasteiger charge is 2.07. The van der Waals surface area contributed by atoms with Crippen molar-refractivity contribution in [3.63, 3.8) is 0 Å². The molecule has 0 N–H and O–H groups in total. The quantitative estimate of drug-likeness (QED) is 0.584. The first-order valence-corrected chi connectivity index (χ1v) is 4.26. The number of aryl methyl sites for hydroxylation is 1. The molecular formula is C9H17N2+. The maximum absolute atomic E-state index is 2.25. The number of nitrogens with zero attached hydrogens (tertiary/aromatic N) is 2. The molecule has 0 fully saturated rings. The lowest BCUT2D eigenvalue weighted by molar-refractivity contribution is -0.671. The summed E-state index contributed by atoms with van der Waals surface area (Å²) in [6.45, 7) is 4.48. The van der Waals surface area contributed by atoms with Gasteiger partial charge < -0.3 is 0 Å². The average Bonchev–Trinajstić information content (AvgIpc) is 2.36. The van der Waals surface area contributed by atoms with Gasteiger partial charge in [0, 0.05) is 0 Å². The van der Waals surface area contributed by atoms with Crippen molar-refractivity contribution in [3.8, 4) is 0 Å². The Morgan fingerprint density at radius 1 is 1.55 bits per heavy atom. The molecule has 0 aromatic carbocycles. The number of hydrogen-bond acceptors (Lipinski definition) is 0. The Hall–Kier alpha value is -0.790. The van der Waals surface area contributed by atoms with Gasteiger partial charge in [0.15, 0.2) is 0 Å². The summed E-state index contributed by atoms with van der Waals surface area (Å²) in [7, 11) is 2.05. The van der Waals surface area contributed by atoms with Crippen molar-refractivity contribution < 1.29 is 4.57 Å². The smallest absolute Gasteiger partial charge is 0.240 e. The number of rotatable bonds is 3. The van der Waals surface area contributed by atoms with Gasteiger partial charge in [0.1, 0.15) is 12.4 Å². The SMILES string of the molecule is CCCC(C)n1cc[n+](C)c1. The summed E-state index contributed by atoms with van der Waals surface area (Å²) in [6, 6.07) is 0.640. The van der Waals surface area contributed by atoms with Crippen LogP contribution in [0.15, 0.2) is 18.7 Å². The molecular weight excluding hydrogens is 136 g/mol. The molecule has 0 aliphatic carbocycles. The van der Waals surface area contributed by atoms with Crippen molar-refractivity contribution in [1.82, 2.24) is 4.57 Å². The van der Waals surface area contributed by atoms with E-state index in [9.17, 15) is 0 Å². The third-order valence-electron chi connectivity index (χ3n) is 2.00. The summed E-state index contributed by atoms with van der Waals surface area (Å²) in [4.78, 5) is 0. The van der Waals surface area contributed by atoms with E-state index in [4.69, 9.17) is 0 Å². The van der Waals surface area contributed by atoms with E-state index in [0.29, 0.717) is 6.04 Å². The van der Waals surface area contributed by atoms with E-state index in [1.165, 1.54) is 12.8 Å². The molecule has 11 heavy (non-hydrogen) atoms. The van der Waals surface area contributed by atoms with E-state index in [1.807, 2.05) is 0 Å². The molecule has 0 amide bonds. The van der Waals surface area contributed by atoms with E-state index < -0.39 is 0 Å². The minimum absolute atomic E-state index is 0.640. The van der Waals surface area contributed by atoms with Crippen molar-refractivity contribution in [2.45, 2.75) is 32.7 Å². The molecule has 1 heterocycles. The summed E-state index contributed by atoms with van der Waals surface area (Å²) in [6.07, 6.45) is 8.84. The Balaban J connectivity index is 2.60. The second kappa shape index (κ2) is 3.56. The Labute approximate surface area is 68.5 Å². The van der Waals surface area contributed by atoms with Crippen LogP contribution >= 0.6 is 0 Å². The van der Waals surface area contributed by atoms with Gasteiger partial charge in [-0.3, -0.25) is 0 Å². The predicted octanol–water partition coefficient (Wildman–Crippen LogP) is 1.67. The topological polar surface area (TPSA) is 8.81 Å². The van der Waals surface area contributed by atoms with Crippen LogP contribution in [-0.4, -0.2) is 4.57 Å². The van der Waals surface area contributed by atoms with Crippen LogP contribution in [0.3, 0.4) is 0 Å². The van der Waals surface area contributed by atoms with Crippen LogP contribution in [0.5, 0.6) is 0 Å². The molecule has 0 saturated heterocycles. The predicted molar refractivity (Wildman–Crippen MR) is 45.2 cm³/mol. The maximum atomic E-state index is 2.25. The van der Waals surface area contributed by atoms with Crippen molar-refractivity contribution in [1.29, 1.82) is 0 Å². The molecule has 0 aliphatic heterocycles. The van der Waals surface area contributed by atoms with Crippen LogP contribution in [0.1, 0.15) is 32.7 Å². The molecule has 1 aromatic heterocycles. The lowest BCUT2D eigenvalue weighted by atomic mass is 10.2. The Morgan fingerprint density at radius 3 is 2.73 bits per heavy atom. The van der Waals surface area contributed by atoms with E-state index in [-0.39, 0.29) is 0 Å². The zero-order chi connectivity index (χ0) is 8.27. The molecule has 0 radical (unpaired) electrons. The van der Waals surface area contributed by atoms with Crippen LogP contribution < -0.4 is 4.57 Å². The van der Waals surface area contributed by atoms with Gasteiger partial charge in [0.2, 0.25) is 6.33 Å². The van der Waals surface area contributed by atoms with Crippen molar-refractivity contribution in [3.05, 3.63) is 18.7 Å². The van der Waals surface area contributed by atoms with E-state index in [2.05, 4.69) is 48.8 Å². The van der Waals surface area contributed by atoms with Crippen molar-refractivity contribution >= 4 is 0 Å². The van der Waals surface area contributed by atoms with Gasteiger partial charge in [-0.2, -0.15) is 0 Å². The lowest BCUT2D eigenvalue weighted by Crippen LogP contribution is -2.24. The van der Waals surface area contributed by atoms with Crippen LogP contribution in [0, 0.1) is 0 Å². The summed E-state index contributed by atoms with van der Waals surface area (Å²) in [5.41, 5.74) is 0. The Morgan fingerprint density at radius 2 is 2.27 bits per heavy atom. The lowest BCUT2D eigenvalue weighted by Gasteiger charge is -2.04. The van der Waals surface area contributed by atoms with Gasteiger partial charge in [-0.1, -0.05) is 13.3 Å². The fourth-order valence-corrected chi connectivity index (χ4v) is 1.30. The third-order valence-corrected chi connectivity index (χ3v) is 2.00. The first kappa shape index (κ1) is 8.31. The van der Waals surface area contributed by atoms with Gasteiger partial charge in [-0.15, -0.1) is 0 Å². The van der Waals surface area contributed by atoms with E-state index >= 15 is 0 Å². The molecule has 0 saturated carbocycles. The molecule has 0 aliphatic rings. The molecule has 1 atom stereocenters. The zero-order valence-electron chi connectivity index (χ0n) is 7.62. The largest absolute Gasteiger partial charge is 0.243 e. The highest BCUT2D eigenvalue weighted by Crippen LogP contribution is 2.10.